The summed E-state index contributed by atoms with van der Waals surface area (Å²) in [7, 11) is 0. The molecule has 144 valence electrons. The largest absolute Gasteiger partial charge is 0.490 e. The summed E-state index contributed by atoms with van der Waals surface area (Å²) >= 11 is 0. The summed E-state index contributed by atoms with van der Waals surface area (Å²) in [4.78, 5) is 32.6. The van der Waals surface area contributed by atoms with Crippen molar-refractivity contribution in [2.45, 2.75) is 32.2 Å². The molecule has 1 unspecified atom stereocenters. The fourth-order valence-corrected chi connectivity index (χ4v) is 1.88. The van der Waals surface area contributed by atoms with Crippen LogP contribution in [0.1, 0.15) is 24.2 Å². The molecule has 1 atom stereocenters. The minimum Gasteiger partial charge on any atom is -0.490 e. The average Bonchev–Trinajstić information content (AvgIpc) is 2.94. The number of rotatable bonds is 5. The molecule has 0 spiro atoms. The topological polar surface area (TPSA) is 93.1 Å². The number of amides is 1. The van der Waals surface area contributed by atoms with Crippen molar-refractivity contribution in [2.75, 3.05) is 13.2 Å². The van der Waals surface area contributed by atoms with Gasteiger partial charge in [-0.3, -0.25) is 4.79 Å². The van der Waals surface area contributed by atoms with E-state index in [1.165, 1.54) is 0 Å². The molecule has 1 aliphatic rings. The van der Waals surface area contributed by atoms with Crippen molar-refractivity contribution in [3.63, 3.8) is 0 Å². The predicted octanol–water partition coefficient (Wildman–Crippen LogP) is 2.74. The molecule has 1 aromatic carbocycles. The smallest absolute Gasteiger partial charge is 0.490 e. The number of cyclic esters (lactones) is 1. The molecule has 1 amide bonds. The standard InChI is InChI=1S/C14H17NO4.C2HF3O2/c1-10(2)15-7-13(19-14(15)17)9-18-12-5-3-11(8-16)4-6-12;3-2(4,5)1(6)7/h3-6,8,10,13H,7,9H2,1-2H3;(H,6,7). The Bertz CT molecular complexity index is 630. The van der Waals surface area contributed by atoms with Crippen molar-refractivity contribution < 1.29 is 42.1 Å². The molecule has 0 aromatic heterocycles. The first-order valence-corrected chi connectivity index (χ1v) is 7.50. The molecule has 1 fully saturated rings. The number of aliphatic carboxylic acids is 1. The summed E-state index contributed by atoms with van der Waals surface area (Å²) in [6.45, 7) is 4.75. The molecule has 0 bridgehead atoms. The summed E-state index contributed by atoms with van der Waals surface area (Å²) in [5.74, 6) is -2.10. The highest BCUT2D eigenvalue weighted by atomic mass is 19.4. The van der Waals surface area contributed by atoms with E-state index in [9.17, 15) is 22.8 Å². The maximum Gasteiger partial charge on any atom is 0.490 e. The van der Waals surface area contributed by atoms with Crippen LogP contribution < -0.4 is 4.74 Å². The van der Waals surface area contributed by atoms with Crippen LogP contribution in [0.5, 0.6) is 5.75 Å². The molecule has 1 aromatic rings. The van der Waals surface area contributed by atoms with Gasteiger partial charge in [-0.05, 0) is 38.1 Å². The Balaban J connectivity index is 0.000000412. The van der Waals surface area contributed by atoms with Crippen LogP contribution in [-0.4, -0.2) is 59.8 Å². The first-order valence-electron chi connectivity index (χ1n) is 7.50. The summed E-state index contributed by atoms with van der Waals surface area (Å²) in [6, 6.07) is 6.94. The molecule has 26 heavy (non-hydrogen) atoms. The normalized spacial score (nSPS) is 16.6. The number of carbonyl (C=O) groups is 3. The van der Waals surface area contributed by atoms with Crippen molar-refractivity contribution >= 4 is 18.3 Å². The van der Waals surface area contributed by atoms with Gasteiger partial charge in [0, 0.05) is 11.6 Å². The number of ether oxygens (including phenoxy) is 2. The van der Waals surface area contributed by atoms with Crippen LogP contribution in [0.2, 0.25) is 0 Å². The fourth-order valence-electron chi connectivity index (χ4n) is 1.88. The van der Waals surface area contributed by atoms with E-state index in [1.807, 2.05) is 13.8 Å². The van der Waals surface area contributed by atoms with Gasteiger partial charge in [-0.25, -0.2) is 9.59 Å². The van der Waals surface area contributed by atoms with Gasteiger partial charge in [0.25, 0.3) is 0 Å². The molecule has 1 saturated heterocycles. The summed E-state index contributed by atoms with van der Waals surface area (Å²) < 4.78 is 42.5. The van der Waals surface area contributed by atoms with Crippen LogP contribution in [0, 0.1) is 0 Å². The highest BCUT2D eigenvalue weighted by molar-refractivity contribution is 5.74. The van der Waals surface area contributed by atoms with E-state index in [-0.39, 0.29) is 18.2 Å². The number of aldehydes is 1. The van der Waals surface area contributed by atoms with Crippen LogP contribution in [0.4, 0.5) is 18.0 Å². The summed E-state index contributed by atoms with van der Waals surface area (Å²) in [6.07, 6.45) is -4.84. The van der Waals surface area contributed by atoms with Crippen molar-refractivity contribution in [3.8, 4) is 5.75 Å². The number of carboxylic acid groups (broad SMARTS) is 1. The molecular weight excluding hydrogens is 359 g/mol. The van der Waals surface area contributed by atoms with Gasteiger partial charge in [0.2, 0.25) is 0 Å². The Morgan fingerprint density at radius 3 is 2.31 bits per heavy atom. The minimum absolute atomic E-state index is 0.129. The molecule has 7 nitrogen and oxygen atoms in total. The Kier molecular flexibility index (Phi) is 7.41. The number of halogens is 3. The molecule has 0 radical (unpaired) electrons. The summed E-state index contributed by atoms with van der Waals surface area (Å²) in [5.41, 5.74) is 0.602. The predicted molar refractivity (Wildman–Crippen MR) is 83.1 cm³/mol. The van der Waals surface area contributed by atoms with E-state index in [1.54, 1.807) is 29.2 Å². The maximum absolute atomic E-state index is 11.5. The van der Waals surface area contributed by atoms with Gasteiger partial charge in [-0.1, -0.05) is 0 Å². The molecule has 1 aliphatic heterocycles. The van der Waals surface area contributed by atoms with Crippen molar-refractivity contribution in [1.82, 2.24) is 4.90 Å². The van der Waals surface area contributed by atoms with Crippen LogP contribution in [-0.2, 0) is 9.53 Å². The molecule has 0 aliphatic carbocycles. The lowest BCUT2D eigenvalue weighted by Crippen LogP contribution is -2.32. The molecule has 1 N–H and O–H groups in total. The SMILES string of the molecule is CC(C)N1CC(COc2ccc(C=O)cc2)OC1=O.O=C(O)C(F)(F)F. The number of benzene rings is 1. The van der Waals surface area contributed by atoms with Gasteiger partial charge in [-0.15, -0.1) is 0 Å². The first-order chi connectivity index (χ1) is 12.0. The number of hydrogen-bond acceptors (Lipinski definition) is 5. The van der Waals surface area contributed by atoms with Crippen LogP contribution >= 0.6 is 0 Å². The number of carboxylic acids is 1. The molecule has 10 heteroatoms. The van der Waals surface area contributed by atoms with E-state index >= 15 is 0 Å². The average molecular weight is 377 g/mol. The number of alkyl halides is 3. The molecular formula is C16H18F3NO6. The van der Waals surface area contributed by atoms with Gasteiger partial charge >= 0.3 is 18.2 Å². The third-order valence-electron chi connectivity index (χ3n) is 3.22. The maximum atomic E-state index is 11.5. The fraction of sp³-hybridized carbons (Fsp3) is 0.438. The zero-order chi connectivity index (χ0) is 19.9. The van der Waals surface area contributed by atoms with E-state index in [0.29, 0.717) is 24.5 Å². The van der Waals surface area contributed by atoms with Crippen molar-refractivity contribution in [3.05, 3.63) is 29.8 Å². The number of carbonyl (C=O) groups excluding carboxylic acids is 2. The quantitative estimate of drug-likeness (QED) is 0.793. The zero-order valence-electron chi connectivity index (χ0n) is 14.0. The second kappa shape index (κ2) is 9.07. The Morgan fingerprint density at radius 1 is 1.38 bits per heavy atom. The Hall–Kier alpha value is -2.78. The van der Waals surface area contributed by atoms with Crippen molar-refractivity contribution in [1.29, 1.82) is 0 Å². The third-order valence-corrected chi connectivity index (χ3v) is 3.22. The highest BCUT2D eigenvalue weighted by Crippen LogP contribution is 2.17. The van der Waals surface area contributed by atoms with Gasteiger partial charge in [0.1, 0.15) is 18.6 Å². The van der Waals surface area contributed by atoms with E-state index in [2.05, 4.69) is 0 Å². The van der Waals surface area contributed by atoms with Gasteiger partial charge in [-0.2, -0.15) is 13.2 Å². The van der Waals surface area contributed by atoms with Gasteiger partial charge in [0.05, 0.1) is 6.54 Å². The minimum atomic E-state index is -5.08. The van der Waals surface area contributed by atoms with Crippen molar-refractivity contribution in [2.24, 2.45) is 0 Å². The van der Waals surface area contributed by atoms with Crippen LogP contribution in [0.15, 0.2) is 24.3 Å². The van der Waals surface area contributed by atoms with Crippen LogP contribution in [0.25, 0.3) is 0 Å². The summed E-state index contributed by atoms with van der Waals surface area (Å²) in [5, 5.41) is 7.12. The molecule has 0 saturated carbocycles. The molecule has 2 rings (SSSR count). The Labute approximate surface area is 147 Å². The van der Waals surface area contributed by atoms with Gasteiger partial charge < -0.3 is 19.5 Å². The molecule has 1 heterocycles. The lowest BCUT2D eigenvalue weighted by molar-refractivity contribution is -0.192. The van der Waals surface area contributed by atoms with Gasteiger partial charge in [0.15, 0.2) is 6.10 Å². The number of nitrogens with zero attached hydrogens (tertiary/aromatic N) is 1. The second-order valence-electron chi connectivity index (χ2n) is 5.55. The second-order valence-corrected chi connectivity index (χ2v) is 5.55. The van der Waals surface area contributed by atoms with Crippen LogP contribution in [0.3, 0.4) is 0 Å². The monoisotopic (exact) mass is 377 g/mol. The Morgan fingerprint density at radius 2 is 1.92 bits per heavy atom. The van der Waals surface area contributed by atoms with E-state index in [0.717, 1.165) is 6.29 Å². The number of hydrogen-bond donors (Lipinski definition) is 1. The third kappa shape index (κ3) is 6.61. The van der Waals surface area contributed by atoms with E-state index < -0.39 is 12.1 Å². The lowest BCUT2D eigenvalue weighted by Gasteiger charge is -2.16. The first kappa shape index (κ1) is 21.3. The highest BCUT2D eigenvalue weighted by Gasteiger charge is 2.38. The zero-order valence-corrected chi connectivity index (χ0v) is 14.0. The lowest BCUT2D eigenvalue weighted by atomic mass is 10.2. The van der Waals surface area contributed by atoms with E-state index in [4.69, 9.17) is 19.4 Å².